The average molecular weight is 256 g/mol. The van der Waals surface area contributed by atoms with Crippen LogP contribution in [0.3, 0.4) is 0 Å². The van der Waals surface area contributed by atoms with Crippen LogP contribution < -0.4 is 4.74 Å². The van der Waals surface area contributed by atoms with Crippen molar-refractivity contribution in [2.45, 2.75) is 18.9 Å². The van der Waals surface area contributed by atoms with E-state index >= 15 is 0 Å². The third-order valence-electron chi connectivity index (χ3n) is 2.75. The van der Waals surface area contributed by atoms with E-state index < -0.39 is 5.97 Å². The van der Waals surface area contributed by atoms with Crippen LogP contribution >= 0.6 is 0 Å². The van der Waals surface area contributed by atoms with Crippen molar-refractivity contribution in [1.29, 1.82) is 0 Å². The van der Waals surface area contributed by atoms with E-state index in [2.05, 4.69) is 0 Å². The number of ether oxygens (including phenoxy) is 1. The van der Waals surface area contributed by atoms with Crippen LogP contribution in [0.25, 0.3) is 0 Å². The number of carboxylic acid groups (broad SMARTS) is 1. The highest BCUT2D eigenvalue weighted by Crippen LogP contribution is 2.16. The molecule has 0 aliphatic rings. The molecule has 98 valence electrons. The molecule has 3 nitrogen and oxygen atoms in total. The van der Waals surface area contributed by atoms with E-state index in [9.17, 15) is 4.79 Å². The number of aliphatic carboxylic acids is 1. The first-order valence-corrected chi connectivity index (χ1v) is 6.21. The van der Waals surface area contributed by atoms with Crippen LogP contribution in [0, 0.1) is 0 Å². The van der Waals surface area contributed by atoms with Gasteiger partial charge in [-0.1, -0.05) is 48.5 Å². The molecule has 0 saturated heterocycles. The van der Waals surface area contributed by atoms with Crippen LogP contribution in [-0.4, -0.2) is 17.2 Å². The fourth-order valence-electron chi connectivity index (χ4n) is 1.92. The summed E-state index contributed by atoms with van der Waals surface area (Å²) < 4.78 is 5.75. The second kappa shape index (κ2) is 6.59. The first-order chi connectivity index (χ1) is 9.24. The van der Waals surface area contributed by atoms with Crippen molar-refractivity contribution in [1.82, 2.24) is 0 Å². The Labute approximate surface area is 112 Å². The molecule has 0 aliphatic carbocycles. The maximum atomic E-state index is 10.9. The molecule has 0 bridgehead atoms. The van der Waals surface area contributed by atoms with Crippen LogP contribution in [0.5, 0.6) is 5.75 Å². The van der Waals surface area contributed by atoms with Crippen LogP contribution in [0.4, 0.5) is 0 Å². The largest absolute Gasteiger partial charge is 0.489 e. The van der Waals surface area contributed by atoms with Gasteiger partial charge in [-0.25, -0.2) is 0 Å². The van der Waals surface area contributed by atoms with Crippen molar-refractivity contribution in [2.75, 3.05) is 0 Å². The van der Waals surface area contributed by atoms with Gasteiger partial charge < -0.3 is 9.84 Å². The minimum Gasteiger partial charge on any atom is -0.489 e. The number of carbonyl (C=O) groups is 1. The van der Waals surface area contributed by atoms with Crippen LogP contribution in [0.1, 0.15) is 12.0 Å². The lowest BCUT2D eigenvalue weighted by Gasteiger charge is -2.17. The monoisotopic (exact) mass is 256 g/mol. The van der Waals surface area contributed by atoms with Gasteiger partial charge in [-0.3, -0.25) is 4.79 Å². The van der Waals surface area contributed by atoms with Crippen molar-refractivity contribution in [3.05, 3.63) is 66.2 Å². The SMILES string of the molecule is O=C(O)CC(Cc1ccccc1)Oc1ccccc1. The average Bonchev–Trinajstić information content (AvgIpc) is 2.40. The van der Waals surface area contributed by atoms with Gasteiger partial charge in [0.05, 0.1) is 6.42 Å². The van der Waals surface area contributed by atoms with Crippen LogP contribution in [-0.2, 0) is 11.2 Å². The lowest BCUT2D eigenvalue weighted by Crippen LogP contribution is -2.23. The number of hydrogen-bond acceptors (Lipinski definition) is 2. The predicted molar refractivity (Wildman–Crippen MR) is 73.3 cm³/mol. The van der Waals surface area contributed by atoms with Gasteiger partial charge in [-0.15, -0.1) is 0 Å². The summed E-state index contributed by atoms with van der Waals surface area (Å²) in [5, 5.41) is 8.96. The summed E-state index contributed by atoms with van der Waals surface area (Å²) in [6.07, 6.45) is 0.216. The van der Waals surface area contributed by atoms with Gasteiger partial charge in [0.25, 0.3) is 0 Å². The molecule has 1 unspecified atom stereocenters. The molecule has 2 rings (SSSR count). The van der Waals surface area contributed by atoms with Gasteiger partial charge in [0, 0.05) is 6.42 Å². The molecular weight excluding hydrogens is 240 g/mol. The zero-order valence-electron chi connectivity index (χ0n) is 10.5. The molecule has 3 heteroatoms. The van der Waals surface area contributed by atoms with E-state index in [-0.39, 0.29) is 12.5 Å². The third-order valence-corrected chi connectivity index (χ3v) is 2.75. The number of carboxylic acids is 1. The van der Waals surface area contributed by atoms with Crippen molar-refractivity contribution in [3.63, 3.8) is 0 Å². The summed E-state index contributed by atoms with van der Waals surface area (Å²) >= 11 is 0. The highest BCUT2D eigenvalue weighted by molar-refractivity contribution is 5.67. The lowest BCUT2D eigenvalue weighted by molar-refractivity contribution is -0.138. The van der Waals surface area contributed by atoms with Crippen LogP contribution in [0.15, 0.2) is 60.7 Å². The highest BCUT2D eigenvalue weighted by atomic mass is 16.5. The molecule has 0 amide bonds. The van der Waals surface area contributed by atoms with Gasteiger partial charge >= 0.3 is 5.97 Å². The van der Waals surface area contributed by atoms with Gasteiger partial charge in [0.1, 0.15) is 11.9 Å². The number of para-hydroxylation sites is 1. The summed E-state index contributed by atoms with van der Waals surface area (Å²) in [5.41, 5.74) is 1.07. The van der Waals surface area contributed by atoms with Gasteiger partial charge in [0.15, 0.2) is 0 Å². The number of hydrogen-bond donors (Lipinski definition) is 1. The Morgan fingerprint density at radius 1 is 1.00 bits per heavy atom. The molecule has 0 fully saturated rings. The molecule has 0 heterocycles. The fourth-order valence-corrected chi connectivity index (χ4v) is 1.92. The summed E-state index contributed by atoms with van der Waals surface area (Å²) in [5.74, 6) is -0.151. The summed E-state index contributed by atoms with van der Waals surface area (Å²) in [4.78, 5) is 10.9. The summed E-state index contributed by atoms with van der Waals surface area (Å²) in [6.45, 7) is 0. The van der Waals surface area contributed by atoms with E-state index in [4.69, 9.17) is 9.84 Å². The molecule has 2 aromatic rings. The minimum atomic E-state index is -0.850. The molecule has 0 spiro atoms. The van der Waals surface area contributed by atoms with E-state index in [0.717, 1.165) is 5.56 Å². The quantitative estimate of drug-likeness (QED) is 0.863. The van der Waals surface area contributed by atoms with Gasteiger partial charge in [-0.2, -0.15) is 0 Å². The number of benzene rings is 2. The van der Waals surface area contributed by atoms with Crippen LogP contribution in [0.2, 0.25) is 0 Å². The third kappa shape index (κ3) is 4.47. The second-order valence-electron chi connectivity index (χ2n) is 4.34. The lowest BCUT2D eigenvalue weighted by atomic mass is 10.1. The van der Waals surface area contributed by atoms with E-state index in [0.29, 0.717) is 12.2 Å². The highest BCUT2D eigenvalue weighted by Gasteiger charge is 2.15. The van der Waals surface area contributed by atoms with Crippen molar-refractivity contribution in [3.8, 4) is 5.75 Å². The molecule has 0 aromatic heterocycles. The molecular formula is C16H16O3. The van der Waals surface area contributed by atoms with Crippen molar-refractivity contribution >= 4 is 5.97 Å². The first-order valence-electron chi connectivity index (χ1n) is 6.21. The Kier molecular flexibility index (Phi) is 4.56. The topological polar surface area (TPSA) is 46.5 Å². The molecule has 19 heavy (non-hydrogen) atoms. The Bertz CT molecular complexity index is 467. The Balaban J connectivity index is 2.06. The standard InChI is InChI=1S/C16H16O3/c17-16(18)12-15(11-13-7-3-1-4-8-13)19-14-9-5-2-6-10-14/h1-10,15H,11-12H2,(H,17,18). The zero-order chi connectivity index (χ0) is 13.5. The van der Waals surface area contributed by atoms with E-state index in [1.807, 2.05) is 60.7 Å². The first kappa shape index (κ1) is 13.1. The predicted octanol–water partition coefficient (Wildman–Crippen LogP) is 3.15. The fraction of sp³-hybridized carbons (Fsp3) is 0.188. The molecule has 0 radical (unpaired) electrons. The molecule has 2 aromatic carbocycles. The second-order valence-corrected chi connectivity index (χ2v) is 4.34. The van der Waals surface area contributed by atoms with Crippen molar-refractivity contribution in [2.24, 2.45) is 0 Å². The maximum absolute atomic E-state index is 10.9. The molecule has 0 aliphatic heterocycles. The van der Waals surface area contributed by atoms with Gasteiger partial charge in [0.2, 0.25) is 0 Å². The smallest absolute Gasteiger partial charge is 0.307 e. The van der Waals surface area contributed by atoms with Gasteiger partial charge in [-0.05, 0) is 17.7 Å². The zero-order valence-corrected chi connectivity index (χ0v) is 10.5. The Morgan fingerprint density at radius 2 is 1.58 bits per heavy atom. The van der Waals surface area contributed by atoms with E-state index in [1.54, 1.807) is 0 Å². The summed E-state index contributed by atoms with van der Waals surface area (Å²) in [6, 6.07) is 19.1. The maximum Gasteiger partial charge on any atom is 0.307 e. The molecule has 0 saturated carbocycles. The van der Waals surface area contributed by atoms with Crippen molar-refractivity contribution < 1.29 is 14.6 Å². The minimum absolute atomic E-state index is 0.0101. The molecule has 1 N–H and O–H groups in total. The van der Waals surface area contributed by atoms with E-state index in [1.165, 1.54) is 0 Å². The molecule has 1 atom stereocenters. The summed E-state index contributed by atoms with van der Waals surface area (Å²) in [7, 11) is 0. The Hall–Kier alpha value is -2.29. The Morgan fingerprint density at radius 3 is 2.16 bits per heavy atom. The number of rotatable bonds is 6. The normalized spacial score (nSPS) is 11.8.